The first-order valence-corrected chi connectivity index (χ1v) is 5.34. The largest absolute Gasteiger partial charge is 0.350 e. The van der Waals surface area contributed by atoms with Crippen LogP contribution in [0.1, 0.15) is 13.3 Å². The minimum absolute atomic E-state index is 0.0358. The molecule has 1 N–H and O–H groups in total. The number of hydrogen-bond acceptors (Lipinski definition) is 2. The number of carbonyl (C=O) groups excluding carboxylic acids is 1. The van der Waals surface area contributed by atoms with Crippen LogP contribution in [0.3, 0.4) is 0 Å². The SMILES string of the molecule is CCC1NC(=S)N(c2ccccc2)C1=O. The first kappa shape index (κ1) is 10.1. The molecule has 0 saturated carbocycles. The second-order valence-electron chi connectivity index (χ2n) is 3.42. The van der Waals surface area contributed by atoms with Gasteiger partial charge >= 0.3 is 0 Å². The molecule has 0 radical (unpaired) electrons. The molecule has 0 bridgehead atoms. The van der Waals surface area contributed by atoms with Crippen LogP contribution in [0.5, 0.6) is 0 Å². The summed E-state index contributed by atoms with van der Waals surface area (Å²) in [6, 6.07) is 9.29. The Kier molecular flexibility index (Phi) is 2.68. The van der Waals surface area contributed by atoms with Gasteiger partial charge in [0.1, 0.15) is 6.04 Å². The van der Waals surface area contributed by atoms with E-state index in [9.17, 15) is 4.79 Å². The van der Waals surface area contributed by atoms with Crippen molar-refractivity contribution in [3.05, 3.63) is 30.3 Å². The highest BCUT2D eigenvalue weighted by Gasteiger charge is 2.34. The van der Waals surface area contributed by atoms with Crippen LogP contribution >= 0.6 is 12.2 Å². The minimum atomic E-state index is -0.169. The van der Waals surface area contributed by atoms with Crippen molar-refractivity contribution in [2.75, 3.05) is 4.90 Å². The van der Waals surface area contributed by atoms with Gasteiger partial charge in [-0.15, -0.1) is 0 Å². The molecule has 3 nitrogen and oxygen atoms in total. The van der Waals surface area contributed by atoms with Crippen LogP contribution in [0.2, 0.25) is 0 Å². The molecule has 78 valence electrons. The van der Waals surface area contributed by atoms with E-state index in [-0.39, 0.29) is 11.9 Å². The van der Waals surface area contributed by atoms with Crippen LogP contribution in [-0.4, -0.2) is 17.1 Å². The molecule has 1 saturated heterocycles. The summed E-state index contributed by atoms with van der Waals surface area (Å²) < 4.78 is 0. The summed E-state index contributed by atoms with van der Waals surface area (Å²) in [5.74, 6) is 0.0358. The van der Waals surface area contributed by atoms with Crippen molar-refractivity contribution in [3.63, 3.8) is 0 Å². The normalized spacial score (nSPS) is 20.6. The summed E-state index contributed by atoms with van der Waals surface area (Å²) in [6.07, 6.45) is 0.752. The third-order valence-corrected chi connectivity index (χ3v) is 2.74. The third kappa shape index (κ3) is 1.72. The maximum Gasteiger partial charge on any atom is 0.255 e. The fourth-order valence-corrected chi connectivity index (χ4v) is 1.97. The zero-order chi connectivity index (χ0) is 10.8. The van der Waals surface area contributed by atoms with Gasteiger partial charge in [-0.05, 0) is 30.8 Å². The van der Waals surface area contributed by atoms with E-state index in [0.29, 0.717) is 5.11 Å². The van der Waals surface area contributed by atoms with Gasteiger partial charge in [-0.2, -0.15) is 0 Å². The topological polar surface area (TPSA) is 32.3 Å². The standard InChI is InChI=1S/C11H12N2OS/c1-2-9-10(14)13(11(15)12-9)8-6-4-3-5-7-8/h3-7,9H,2H2,1H3,(H,12,15). The molecule has 0 spiro atoms. The molecule has 1 heterocycles. The Bertz CT molecular complexity index is 391. The summed E-state index contributed by atoms with van der Waals surface area (Å²) in [5.41, 5.74) is 0.830. The zero-order valence-corrected chi connectivity index (χ0v) is 9.25. The van der Waals surface area contributed by atoms with E-state index < -0.39 is 0 Å². The lowest BCUT2D eigenvalue weighted by molar-refractivity contribution is -0.118. The third-order valence-electron chi connectivity index (χ3n) is 2.44. The first-order chi connectivity index (χ1) is 7.24. The molecular formula is C11H12N2OS. The maximum atomic E-state index is 11.9. The molecule has 1 amide bonds. The number of thiocarbonyl (C=S) groups is 1. The highest BCUT2D eigenvalue weighted by Crippen LogP contribution is 2.19. The van der Waals surface area contributed by atoms with E-state index in [4.69, 9.17) is 12.2 Å². The van der Waals surface area contributed by atoms with Gasteiger partial charge in [-0.3, -0.25) is 9.69 Å². The molecule has 2 rings (SSSR count). The number of nitrogens with one attached hydrogen (secondary N) is 1. The Morgan fingerprint density at radius 3 is 2.60 bits per heavy atom. The van der Waals surface area contributed by atoms with Crippen molar-refractivity contribution in [1.29, 1.82) is 0 Å². The quantitative estimate of drug-likeness (QED) is 0.770. The maximum absolute atomic E-state index is 11.9. The molecule has 1 aromatic carbocycles. The Labute approximate surface area is 94.1 Å². The van der Waals surface area contributed by atoms with Gasteiger partial charge in [0.25, 0.3) is 5.91 Å². The van der Waals surface area contributed by atoms with Crippen molar-refractivity contribution in [2.24, 2.45) is 0 Å². The van der Waals surface area contributed by atoms with Gasteiger partial charge in [0, 0.05) is 0 Å². The average molecular weight is 220 g/mol. The van der Waals surface area contributed by atoms with Crippen LogP contribution in [0, 0.1) is 0 Å². The van der Waals surface area contributed by atoms with Gasteiger partial charge in [0.15, 0.2) is 5.11 Å². The van der Waals surface area contributed by atoms with Gasteiger partial charge in [-0.1, -0.05) is 25.1 Å². The molecule has 1 aromatic rings. The van der Waals surface area contributed by atoms with Crippen molar-refractivity contribution < 1.29 is 4.79 Å². The first-order valence-electron chi connectivity index (χ1n) is 4.93. The number of nitrogens with zero attached hydrogens (tertiary/aromatic N) is 1. The number of rotatable bonds is 2. The van der Waals surface area contributed by atoms with Crippen molar-refractivity contribution in [3.8, 4) is 0 Å². The lowest BCUT2D eigenvalue weighted by atomic mass is 10.2. The van der Waals surface area contributed by atoms with Crippen LogP contribution in [0.15, 0.2) is 30.3 Å². The molecule has 1 aliphatic rings. The fraction of sp³-hybridized carbons (Fsp3) is 0.273. The zero-order valence-electron chi connectivity index (χ0n) is 8.43. The van der Waals surface area contributed by atoms with E-state index >= 15 is 0 Å². The molecule has 1 fully saturated rings. The Morgan fingerprint density at radius 2 is 2.07 bits per heavy atom. The summed E-state index contributed by atoms with van der Waals surface area (Å²) >= 11 is 5.14. The fourth-order valence-electron chi connectivity index (χ4n) is 1.63. The molecular weight excluding hydrogens is 208 g/mol. The predicted molar refractivity (Wildman–Crippen MR) is 63.7 cm³/mol. The Balaban J connectivity index is 2.31. The number of amides is 1. The monoisotopic (exact) mass is 220 g/mol. The molecule has 1 unspecified atom stereocenters. The average Bonchev–Trinajstić information content (AvgIpc) is 2.55. The highest BCUT2D eigenvalue weighted by atomic mass is 32.1. The van der Waals surface area contributed by atoms with Crippen LogP contribution in [-0.2, 0) is 4.79 Å². The van der Waals surface area contributed by atoms with Gasteiger partial charge in [0.05, 0.1) is 5.69 Å². The summed E-state index contributed by atoms with van der Waals surface area (Å²) in [5, 5.41) is 3.51. The molecule has 1 atom stereocenters. The van der Waals surface area contributed by atoms with E-state index in [1.54, 1.807) is 4.90 Å². The van der Waals surface area contributed by atoms with Crippen LogP contribution in [0.25, 0.3) is 0 Å². The van der Waals surface area contributed by atoms with E-state index in [2.05, 4.69) is 5.32 Å². The van der Waals surface area contributed by atoms with E-state index in [1.807, 2.05) is 37.3 Å². The number of hydrogen-bond donors (Lipinski definition) is 1. The smallest absolute Gasteiger partial charge is 0.255 e. The molecule has 0 aromatic heterocycles. The van der Waals surface area contributed by atoms with E-state index in [0.717, 1.165) is 12.1 Å². The van der Waals surface area contributed by atoms with Crippen molar-refractivity contribution in [1.82, 2.24) is 5.32 Å². The Hall–Kier alpha value is -1.42. The lowest BCUT2D eigenvalue weighted by Crippen LogP contribution is -2.30. The van der Waals surface area contributed by atoms with Crippen LogP contribution < -0.4 is 10.2 Å². The number of benzene rings is 1. The van der Waals surface area contributed by atoms with Gasteiger partial charge in [-0.25, -0.2) is 0 Å². The molecule has 0 aliphatic carbocycles. The second kappa shape index (κ2) is 3.98. The van der Waals surface area contributed by atoms with E-state index in [1.165, 1.54) is 0 Å². The number of para-hydroxylation sites is 1. The predicted octanol–water partition coefficient (Wildman–Crippen LogP) is 1.69. The molecule has 4 heteroatoms. The molecule has 15 heavy (non-hydrogen) atoms. The summed E-state index contributed by atoms with van der Waals surface area (Å²) in [7, 11) is 0. The summed E-state index contributed by atoms with van der Waals surface area (Å²) in [4.78, 5) is 13.5. The highest BCUT2D eigenvalue weighted by molar-refractivity contribution is 7.80. The second-order valence-corrected chi connectivity index (χ2v) is 3.81. The number of carbonyl (C=O) groups is 1. The molecule has 1 aliphatic heterocycles. The van der Waals surface area contributed by atoms with Gasteiger partial charge < -0.3 is 5.32 Å². The number of anilines is 1. The van der Waals surface area contributed by atoms with Crippen molar-refractivity contribution >= 4 is 28.9 Å². The summed E-state index contributed by atoms with van der Waals surface area (Å²) in [6.45, 7) is 1.96. The Morgan fingerprint density at radius 1 is 1.40 bits per heavy atom. The lowest BCUT2D eigenvalue weighted by Gasteiger charge is -2.14. The van der Waals surface area contributed by atoms with Crippen molar-refractivity contribution in [2.45, 2.75) is 19.4 Å². The van der Waals surface area contributed by atoms with Crippen LogP contribution in [0.4, 0.5) is 5.69 Å². The van der Waals surface area contributed by atoms with Gasteiger partial charge in [0.2, 0.25) is 0 Å². The minimum Gasteiger partial charge on any atom is -0.350 e.